The number of carbonyl (C=O) groups is 1. The molecule has 0 spiro atoms. The molecule has 1 saturated carbocycles. The number of aliphatic carboxylic acids is 1. The van der Waals surface area contributed by atoms with Crippen molar-refractivity contribution in [3.05, 3.63) is 65.9 Å². The topological polar surface area (TPSA) is 125 Å². The van der Waals surface area contributed by atoms with E-state index in [1.165, 1.54) is 12.8 Å². The van der Waals surface area contributed by atoms with Crippen molar-refractivity contribution in [2.45, 2.75) is 25.2 Å². The number of ether oxygens (including phenoxy) is 1. The Hall–Kier alpha value is -4.14. The number of aromatic amines is 1. The molecule has 1 aliphatic carbocycles. The molecule has 0 unspecified atom stereocenters. The largest absolute Gasteiger partial charge is 0.482 e. The van der Waals surface area contributed by atoms with Crippen LogP contribution in [0.1, 0.15) is 30.0 Å². The molecule has 0 atom stereocenters. The van der Waals surface area contributed by atoms with Crippen molar-refractivity contribution in [1.82, 2.24) is 20.2 Å². The van der Waals surface area contributed by atoms with Crippen LogP contribution >= 0.6 is 0 Å². The highest BCUT2D eigenvalue weighted by Gasteiger charge is 2.25. The van der Waals surface area contributed by atoms with Crippen molar-refractivity contribution in [3.8, 4) is 5.75 Å². The molecule has 0 aliphatic heterocycles. The maximum Gasteiger partial charge on any atom is 0.341 e. The first-order chi connectivity index (χ1) is 16.1. The Morgan fingerprint density at radius 2 is 1.94 bits per heavy atom. The van der Waals surface area contributed by atoms with E-state index < -0.39 is 5.97 Å². The average Bonchev–Trinajstić information content (AvgIpc) is 3.57. The molecule has 2 heterocycles. The van der Waals surface area contributed by atoms with Crippen LogP contribution in [0.25, 0.3) is 10.9 Å². The van der Waals surface area contributed by atoms with Gasteiger partial charge in [0.1, 0.15) is 11.6 Å². The molecule has 0 saturated heterocycles. The molecule has 2 aromatic carbocycles. The van der Waals surface area contributed by atoms with Crippen molar-refractivity contribution in [2.75, 3.05) is 23.8 Å². The van der Waals surface area contributed by atoms with Crippen molar-refractivity contribution in [1.29, 1.82) is 0 Å². The summed E-state index contributed by atoms with van der Waals surface area (Å²) in [4.78, 5) is 19.9. The van der Waals surface area contributed by atoms with Crippen LogP contribution in [0.2, 0.25) is 0 Å². The third-order valence-corrected chi connectivity index (χ3v) is 5.45. The number of H-pyrrole nitrogens is 1. The molecule has 0 amide bonds. The molecule has 33 heavy (non-hydrogen) atoms. The highest BCUT2D eigenvalue weighted by Crippen LogP contribution is 2.39. The van der Waals surface area contributed by atoms with Crippen LogP contribution in [0.5, 0.6) is 5.75 Å². The monoisotopic (exact) mass is 444 g/mol. The summed E-state index contributed by atoms with van der Waals surface area (Å²) in [6, 6.07) is 17.3. The number of nitrogens with zero attached hydrogens (tertiary/aromatic N) is 3. The van der Waals surface area contributed by atoms with Crippen molar-refractivity contribution in [3.63, 3.8) is 0 Å². The highest BCUT2D eigenvalue weighted by molar-refractivity contribution is 5.91. The van der Waals surface area contributed by atoms with E-state index in [0.29, 0.717) is 30.0 Å². The molecule has 2 aromatic heterocycles. The number of nitrogens with one attached hydrogen (secondary N) is 3. The lowest BCUT2D eigenvalue weighted by atomic mass is 10.1. The minimum atomic E-state index is -0.997. The Kier molecular flexibility index (Phi) is 5.75. The van der Waals surface area contributed by atoms with Gasteiger partial charge in [-0.05, 0) is 49.1 Å². The highest BCUT2D eigenvalue weighted by atomic mass is 16.5. The number of rotatable bonds is 10. The number of para-hydroxylation sites is 1. The van der Waals surface area contributed by atoms with E-state index in [1.807, 2.05) is 42.5 Å². The number of hydrogen-bond donors (Lipinski definition) is 4. The Bertz CT molecular complexity index is 1270. The summed E-state index contributed by atoms with van der Waals surface area (Å²) in [5, 5.41) is 23.7. The van der Waals surface area contributed by atoms with Crippen LogP contribution in [-0.2, 0) is 11.2 Å². The molecule has 0 radical (unpaired) electrons. The van der Waals surface area contributed by atoms with E-state index in [2.05, 4.69) is 30.8 Å². The van der Waals surface area contributed by atoms with E-state index in [0.717, 1.165) is 34.4 Å². The molecule has 4 N–H and O–H groups in total. The Balaban J connectivity index is 1.25. The van der Waals surface area contributed by atoms with Crippen LogP contribution in [0.4, 0.5) is 17.6 Å². The van der Waals surface area contributed by atoms with Gasteiger partial charge in [-0.1, -0.05) is 24.3 Å². The van der Waals surface area contributed by atoms with Gasteiger partial charge in [0.25, 0.3) is 0 Å². The summed E-state index contributed by atoms with van der Waals surface area (Å²) < 4.78 is 5.17. The fourth-order valence-electron chi connectivity index (χ4n) is 3.59. The van der Waals surface area contributed by atoms with Crippen molar-refractivity contribution < 1.29 is 14.6 Å². The Morgan fingerprint density at radius 3 is 2.73 bits per heavy atom. The van der Waals surface area contributed by atoms with Gasteiger partial charge in [0.2, 0.25) is 5.95 Å². The van der Waals surface area contributed by atoms with E-state index in [9.17, 15) is 4.79 Å². The van der Waals surface area contributed by atoms with Crippen molar-refractivity contribution in [2.24, 2.45) is 0 Å². The van der Waals surface area contributed by atoms with Crippen molar-refractivity contribution >= 4 is 34.5 Å². The van der Waals surface area contributed by atoms with Gasteiger partial charge in [-0.15, -0.1) is 0 Å². The number of aromatic nitrogens is 4. The zero-order chi connectivity index (χ0) is 22.6. The smallest absolute Gasteiger partial charge is 0.341 e. The summed E-state index contributed by atoms with van der Waals surface area (Å²) in [6.45, 7) is 0.290. The third-order valence-electron chi connectivity index (χ3n) is 5.45. The third kappa shape index (κ3) is 5.20. The molecule has 0 bridgehead atoms. The predicted octanol–water partition coefficient (Wildman–Crippen LogP) is 4.09. The van der Waals surface area contributed by atoms with Gasteiger partial charge in [-0.2, -0.15) is 10.1 Å². The number of carboxylic acids is 1. The lowest BCUT2D eigenvalue weighted by molar-refractivity contribution is -0.139. The van der Waals surface area contributed by atoms with Crippen LogP contribution in [0.3, 0.4) is 0 Å². The Labute approximate surface area is 190 Å². The fraction of sp³-hybridized carbons (Fsp3) is 0.250. The summed E-state index contributed by atoms with van der Waals surface area (Å²) in [5.74, 6) is 2.13. The van der Waals surface area contributed by atoms with Gasteiger partial charge in [0.15, 0.2) is 12.4 Å². The van der Waals surface area contributed by atoms with Gasteiger partial charge in [0, 0.05) is 29.6 Å². The second kappa shape index (κ2) is 9.15. The first-order valence-electron chi connectivity index (χ1n) is 10.9. The normalized spacial score (nSPS) is 13.1. The lowest BCUT2D eigenvalue weighted by Crippen LogP contribution is -2.10. The number of hydrogen-bond acceptors (Lipinski definition) is 7. The van der Waals surface area contributed by atoms with E-state index in [4.69, 9.17) is 9.84 Å². The molecular formula is C24H24N6O3. The molecule has 9 nitrogen and oxygen atoms in total. The average molecular weight is 444 g/mol. The minimum absolute atomic E-state index is 0.350. The van der Waals surface area contributed by atoms with Gasteiger partial charge in [-0.25, -0.2) is 9.78 Å². The fourth-order valence-corrected chi connectivity index (χ4v) is 3.59. The molecule has 9 heteroatoms. The lowest BCUT2D eigenvalue weighted by Gasteiger charge is -2.11. The molecule has 5 rings (SSSR count). The van der Waals surface area contributed by atoms with E-state index >= 15 is 0 Å². The van der Waals surface area contributed by atoms with Gasteiger partial charge in [0.05, 0.1) is 5.52 Å². The van der Waals surface area contributed by atoms with Crippen LogP contribution in [0, 0.1) is 0 Å². The predicted molar refractivity (Wildman–Crippen MR) is 125 cm³/mol. The number of benzene rings is 2. The van der Waals surface area contributed by atoms with E-state index in [1.54, 1.807) is 12.1 Å². The number of anilines is 3. The summed E-state index contributed by atoms with van der Waals surface area (Å²) in [5.41, 5.74) is 3.09. The molecule has 1 aliphatic rings. The molecule has 1 fully saturated rings. The quantitative estimate of drug-likeness (QED) is 0.288. The second-order valence-corrected chi connectivity index (χ2v) is 8.02. The minimum Gasteiger partial charge on any atom is -0.482 e. The number of carboxylic acid groups (broad SMARTS) is 1. The molecule has 168 valence electrons. The second-order valence-electron chi connectivity index (χ2n) is 8.02. The zero-order valence-electron chi connectivity index (χ0n) is 17.9. The van der Waals surface area contributed by atoms with Gasteiger partial charge >= 0.3 is 5.97 Å². The molecule has 4 aromatic rings. The van der Waals surface area contributed by atoms with Gasteiger partial charge in [-0.3, -0.25) is 5.10 Å². The van der Waals surface area contributed by atoms with Crippen LogP contribution in [-0.4, -0.2) is 44.4 Å². The number of fused-ring (bicyclic) bond motifs is 1. The van der Waals surface area contributed by atoms with Crippen LogP contribution in [0.15, 0.2) is 54.6 Å². The summed E-state index contributed by atoms with van der Waals surface area (Å²) >= 11 is 0. The van der Waals surface area contributed by atoms with Crippen LogP contribution < -0.4 is 15.4 Å². The van der Waals surface area contributed by atoms with E-state index in [-0.39, 0.29) is 6.61 Å². The Morgan fingerprint density at radius 1 is 1.12 bits per heavy atom. The first-order valence-corrected chi connectivity index (χ1v) is 10.9. The summed E-state index contributed by atoms with van der Waals surface area (Å²) in [6.07, 6.45) is 3.18. The SMILES string of the molecule is O=C(O)COc1ccc(CCNc2nc(Nc3cc(C4CC4)[nH]n3)c3ccccc3n2)cc1. The first kappa shape index (κ1) is 20.7. The van der Waals surface area contributed by atoms with Gasteiger partial charge < -0.3 is 20.5 Å². The zero-order valence-corrected chi connectivity index (χ0v) is 17.9. The maximum atomic E-state index is 10.6. The molecular weight excluding hydrogens is 420 g/mol. The standard InChI is InChI=1S/C24H24N6O3/c31-22(32)14-33-17-9-5-15(6-10-17)11-12-25-24-26-19-4-2-1-3-18(19)23(28-24)27-21-13-20(29-30-21)16-7-8-16/h1-6,9-10,13,16H,7-8,11-12,14H2,(H,31,32)(H3,25,26,27,28,29,30). The summed E-state index contributed by atoms with van der Waals surface area (Å²) in [7, 11) is 0. The maximum absolute atomic E-state index is 10.6.